The van der Waals surface area contributed by atoms with E-state index >= 15 is 0 Å². The number of carbonyl (C=O) groups is 2. The molecule has 1 heterocycles. The lowest BCUT2D eigenvalue weighted by Gasteiger charge is -2.28. The maximum atomic E-state index is 11.9. The summed E-state index contributed by atoms with van der Waals surface area (Å²) < 4.78 is 16.8. The quantitative estimate of drug-likeness (QED) is 0.351. The van der Waals surface area contributed by atoms with Crippen LogP contribution in [0, 0.1) is 5.92 Å². The zero-order chi connectivity index (χ0) is 26.8. The Labute approximate surface area is 220 Å². The molecule has 0 radical (unpaired) electrons. The van der Waals surface area contributed by atoms with Crippen LogP contribution in [-0.4, -0.2) is 42.9 Å². The molecule has 2 aliphatic rings. The van der Waals surface area contributed by atoms with Crippen LogP contribution in [0.1, 0.15) is 76.3 Å². The van der Waals surface area contributed by atoms with E-state index in [1.54, 1.807) is 0 Å². The SMILES string of the molecule is COc1cc(CC[C@H](C[C@H](CC2CCCCC2)OC(C)=O)OC(C)=O)cc(CC2=CCNC(N)=C2)c1O. The molecule has 8 nitrogen and oxygen atoms in total. The van der Waals surface area contributed by atoms with Crippen molar-refractivity contribution in [2.24, 2.45) is 11.7 Å². The lowest BCUT2D eigenvalue weighted by atomic mass is 9.84. The number of methoxy groups -OCH3 is 1. The number of rotatable bonds is 12. The topological polar surface area (TPSA) is 120 Å². The molecule has 0 aromatic heterocycles. The summed E-state index contributed by atoms with van der Waals surface area (Å²) in [6, 6.07) is 3.78. The Hall–Kier alpha value is -3.16. The summed E-state index contributed by atoms with van der Waals surface area (Å²) in [7, 11) is 1.53. The van der Waals surface area contributed by atoms with Gasteiger partial charge in [0.05, 0.1) is 12.9 Å². The number of carbonyl (C=O) groups excluding carboxylic acids is 2. The molecule has 1 aromatic rings. The minimum Gasteiger partial charge on any atom is -0.504 e. The number of phenols is 1. The number of ether oxygens (including phenoxy) is 3. The monoisotopic (exact) mass is 514 g/mol. The number of hydrogen-bond donors (Lipinski definition) is 3. The number of allylic oxidation sites excluding steroid dienone is 2. The number of nitrogens with two attached hydrogens (primary N) is 1. The van der Waals surface area contributed by atoms with E-state index in [2.05, 4.69) is 5.32 Å². The van der Waals surface area contributed by atoms with Gasteiger partial charge in [0.1, 0.15) is 12.2 Å². The molecule has 1 saturated carbocycles. The molecule has 1 fully saturated rings. The molecular weight excluding hydrogens is 472 g/mol. The molecule has 0 amide bonds. The highest BCUT2D eigenvalue weighted by Gasteiger charge is 2.26. The fourth-order valence-corrected chi connectivity index (χ4v) is 5.42. The maximum Gasteiger partial charge on any atom is 0.302 e. The van der Waals surface area contributed by atoms with E-state index in [1.807, 2.05) is 24.3 Å². The molecule has 1 aromatic carbocycles. The molecule has 2 atom stereocenters. The van der Waals surface area contributed by atoms with Gasteiger partial charge in [-0.3, -0.25) is 9.59 Å². The van der Waals surface area contributed by atoms with Crippen LogP contribution in [0.2, 0.25) is 0 Å². The minimum absolute atomic E-state index is 0.108. The third kappa shape index (κ3) is 9.34. The second kappa shape index (κ2) is 14.0. The summed E-state index contributed by atoms with van der Waals surface area (Å²) in [5.41, 5.74) is 8.62. The molecule has 1 aliphatic heterocycles. The number of aromatic hydroxyl groups is 1. The number of dihydropyridines is 1. The van der Waals surface area contributed by atoms with Crippen LogP contribution in [0.25, 0.3) is 0 Å². The Morgan fingerprint density at radius 3 is 2.46 bits per heavy atom. The van der Waals surface area contributed by atoms with Gasteiger partial charge in [-0.1, -0.05) is 44.2 Å². The zero-order valence-corrected chi connectivity index (χ0v) is 22.4. The molecule has 1 aliphatic carbocycles. The molecule has 204 valence electrons. The first-order valence-electron chi connectivity index (χ1n) is 13.4. The van der Waals surface area contributed by atoms with E-state index < -0.39 is 0 Å². The van der Waals surface area contributed by atoms with E-state index in [1.165, 1.54) is 40.2 Å². The Morgan fingerprint density at radius 2 is 1.81 bits per heavy atom. The van der Waals surface area contributed by atoms with Gasteiger partial charge in [0.2, 0.25) is 0 Å². The number of benzene rings is 1. The van der Waals surface area contributed by atoms with E-state index in [0.29, 0.717) is 49.7 Å². The van der Waals surface area contributed by atoms with Crippen LogP contribution in [0.5, 0.6) is 11.5 Å². The average molecular weight is 515 g/mol. The number of hydrogen-bond acceptors (Lipinski definition) is 8. The molecule has 3 rings (SSSR count). The highest BCUT2D eigenvalue weighted by atomic mass is 16.6. The molecule has 0 unspecified atom stereocenters. The van der Waals surface area contributed by atoms with Crippen molar-refractivity contribution in [2.45, 2.75) is 90.3 Å². The summed E-state index contributed by atoms with van der Waals surface area (Å²) >= 11 is 0. The predicted octanol–water partition coefficient (Wildman–Crippen LogP) is 4.43. The van der Waals surface area contributed by atoms with Gasteiger partial charge < -0.3 is 30.4 Å². The van der Waals surface area contributed by atoms with Crippen molar-refractivity contribution in [1.29, 1.82) is 0 Å². The number of nitrogens with one attached hydrogen (secondary N) is 1. The smallest absolute Gasteiger partial charge is 0.302 e. The van der Waals surface area contributed by atoms with Crippen molar-refractivity contribution in [1.82, 2.24) is 5.32 Å². The van der Waals surface area contributed by atoms with Crippen molar-refractivity contribution in [3.63, 3.8) is 0 Å². The van der Waals surface area contributed by atoms with Gasteiger partial charge in [-0.15, -0.1) is 0 Å². The number of phenolic OH excluding ortho intramolecular Hbond substituents is 1. The van der Waals surface area contributed by atoms with Gasteiger partial charge in [0.15, 0.2) is 11.5 Å². The van der Waals surface area contributed by atoms with E-state index in [0.717, 1.165) is 36.0 Å². The zero-order valence-electron chi connectivity index (χ0n) is 22.4. The Bertz CT molecular complexity index is 996. The van der Waals surface area contributed by atoms with E-state index in [4.69, 9.17) is 19.9 Å². The van der Waals surface area contributed by atoms with Crippen molar-refractivity contribution in [3.05, 3.63) is 46.8 Å². The van der Waals surface area contributed by atoms with Gasteiger partial charge in [0.25, 0.3) is 0 Å². The summed E-state index contributed by atoms with van der Waals surface area (Å²) in [6.07, 6.45) is 12.2. The third-order valence-corrected chi connectivity index (χ3v) is 7.11. The molecule has 4 N–H and O–H groups in total. The number of esters is 2. The van der Waals surface area contributed by atoms with Gasteiger partial charge >= 0.3 is 11.9 Å². The summed E-state index contributed by atoms with van der Waals surface area (Å²) in [6.45, 7) is 3.48. The minimum atomic E-state index is -0.386. The first-order chi connectivity index (χ1) is 17.7. The van der Waals surface area contributed by atoms with Gasteiger partial charge in [-0.05, 0) is 48.5 Å². The average Bonchev–Trinajstić information content (AvgIpc) is 2.84. The maximum absolute atomic E-state index is 11.9. The standard InChI is InChI=1S/C29H42N2O6/c1-19(32)36-25(18-26(37-20(2)33)15-21-7-5-4-6-8-21)10-9-22-13-24(29(34)27(16-22)35-3)14-23-11-12-31-28(30)17-23/h11,13,16-17,21,25-26,31,34H,4-10,12,14-15,18,30H2,1-3H3/t25-,26+/m1/s1. The Morgan fingerprint density at radius 1 is 1.11 bits per heavy atom. The van der Waals surface area contributed by atoms with E-state index in [-0.39, 0.29) is 29.9 Å². The Kier molecular flexibility index (Phi) is 10.7. The molecule has 0 saturated heterocycles. The van der Waals surface area contributed by atoms with Crippen LogP contribution in [0.4, 0.5) is 0 Å². The fraction of sp³-hybridized carbons (Fsp3) is 0.586. The molecule has 8 heteroatoms. The normalized spacial score (nSPS) is 17.6. The second-order valence-electron chi connectivity index (χ2n) is 10.2. The van der Waals surface area contributed by atoms with Crippen molar-refractivity contribution in [3.8, 4) is 11.5 Å². The molecular formula is C29H42N2O6. The van der Waals surface area contributed by atoms with Crippen LogP contribution in [-0.2, 0) is 31.9 Å². The van der Waals surface area contributed by atoms with Crippen LogP contribution in [0.3, 0.4) is 0 Å². The molecule has 0 spiro atoms. The summed E-state index contributed by atoms with van der Waals surface area (Å²) in [5.74, 6) is 0.981. The molecule has 0 bridgehead atoms. The van der Waals surface area contributed by atoms with Crippen molar-refractivity contribution < 1.29 is 28.9 Å². The van der Waals surface area contributed by atoms with Crippen LogP contribution >= 0.6 is 0 Å². The van der Waals surface area contributed by atoms with Crippen molar-refractivity contribution in [2.75, 3.05) is 13.7 Å². The van der Waals surface area contributed by atoms with Gasteiger partial charge in [-0.25, -0.2) is 0 Å². The van der Waals surface area contributed by atoms with Gasteiger partial charge in [-0.2, -0.15) is 0 Å². The first-order valence-corrected chi connectivity index (χ1v) is 13.4. The largest absolute Gasteiger partial charge is 0.504 e. The summed E-state index contributed by atoms with van der Waals surface area (Å²) in [4.78, 5) is 23.7. The lowest BCUT2D eigenvalue weighted by Crippen LogP contribution is -2.29. The number of aryl methyl sites for hydroxylation is 1. The lowest BCUT2D eigenvalue weighted by molar-refractivity contribution is -0.153. The van der Waals surface area contributed by atoms with E-state index in [9.17, 15) is 14.7 Å². The highest BCUT2D eigenvalue weighted by Crippen LogP contribution is 2.34. The predicted molar refractivity (Wildman–Crippen MR) is 142 cm³/mol. The van der Waals surface area contributed by atoms with Crippen molar-refractivity contribution >= 4 is 11.9 Å². The third-order valence-electron chi connectivity index (χ3n) is 7.11. The van der Waals surface area contributed by atoms with Gasteiger partial charge in [0, 0.05) is 38.8 Å². The molecule has 37 heavy (non-hydrogen) atoms. The highest BCUT2D eigenvalue weighted by molar-refractivity contribution is 5.66. The Balaban J connectivity index is 1.72. The fourth-order valence-electron chi connectivity index (χ4n) is 5.42. The van der Waals surface area contributed by atoms with Crippen LogP contribution in [0.15, 0.2) is 35.7 Å². The van der Waals surface area contributed by atoms with Crippen LogP contribution < -0.4 is 15.8 Å². The summed E-state index contributed by atoms with van der Waals surface area (Å²) in [5, 5.41) is 13.8. The second-order valence-corrected chi connectivity index (χ2v) is 10.2. The first kappa shape index (κ1) is 28.4.